The van der Waals surface area contributed by atoms with Crippen molar-refractivity contribution >= 4 is 5.78 Å². The van der Waals surface area contributed by atoms with Crippen LogP contribution in [0.1, 0.15) is 44.7 Å². The lowest BCUT2D eigenvalue weighted by atomic mass is 9.63. The molecule has 0 aliphatic heterocycles. The van der Waals surface area contributed by atoms with Gasteiger partial charge in [0.25, 0.3) is 0 Å². The first-order valence-corrected chi connectivity index (χ1v) is 9.62. The van der Waals surface area contributed by atoms with Gasteiger partial charge < -0.3 is 0 Å². The predicted molar refractivity (Wildman–Crippen MR) is 107 cm³/mol. The van der Waals surface area contributed by atoms with Crippen molar-refractivity contribution in [1.82, 2.24) is 0 Å². The zero-order chi connectivity index (χ0) is 18.4. The molecule has 1 heteroatoms. The van der Waals surface area contributed by atoms with Crippen LogP contribution < -0.4 is 0 Å². The lowest BCUT2D eigenvalue weighted by Crippen LogP contribution is -2.41. The number of hydrogen-bond acceptors (Lipinski definition) is 1. The Bertz CT molecular complexity index is 845. The molecule has 132 valence electrons. The number of carbonyl (C=O) groups is 1. The van der Waals surface area contributed by atoms with Crippen molar-refractivity contribution in [3.8, 4) is 0 Å². The number of carbonyl (C=O) groups excluding carboxylic acids is 1. The molecule has 1 nitrogen and oxygen atoms in total. The Morgan fingerprint density at radius 1 is 0.923 bits per heavy atom. The standard InChI is InChI=1S/C25H26O/c1-4-18-12-11-17-21-22(18)25(23(26)24(21,2)3,19-13-7-5-8-14-19)20-15-9-6-10-16-20/h5-11,13-18H,4,12H2,1-3H3. The summed E-state index contributed by atoms with van der Waals surface area (Å²) in [7, 11) is 0. The SMILES string of the molecule is CCC1CC=CC2=C1C(c1ccccc1)(c1ccccc1)C(=O)C2(C)C. The Kier molecular flexibility index (Phi) is 3.99. The van der Waals surface area contributed by atoms with E-state index in [0.717, 1.165) is 24.0 Å². The Hall–Kier alpha value is -2.41. The van der Waals surface area contributed by atoms with Crippen molar-refractivity contribution in [2.75, 3.05) is 0 Å². The number of hydrogen-bond donors (Lipinski definition) is 0. The van der Waals surface area contributed by atoms with Crippen LogP contribution in [0.5, 0.6) is 0 Å². The van der Waals surface area contributed by atoms with Crippen LogP contribution in [-0.4, -0.2) is 5.78 Å². The third-order valence-electron chi connectivity index (χ3n) is 6.30. The number of allylic oxidation sites excluding steroid dienone is 4. The Morgan fingerprint density at radius 2 is 1.46 bits per heavy atom. The molecule has 2 aliphatic rings. The van der Waals surface area contributed by atoms with Crippen LogP contribution in [0.4, 0.5) is 0 Å². The highest BCUT2D eigenvalue weighted by molar-refractivity contribution is 6.07. The van der Waals surface area contributed by atoms with E-state index in [1.54, 1.807) is 0 Å². The second-order valence-electron chi connectivity index (χ2n) is 8.01. The van der Waals surface area contributed by atoms with Gasteiger partial charge in [-0.2, -0.15) is 0 Å². The molecule has 26 heavy (non-hydrogen) atoms. The smallest absolute Gasteiger partial charge is 0.161 e. The largest absolute Gasteiger partial charge is 0.297 e. The fourth-order valence-electron chi connectivity index (χ4n) is 5.03. The van der Waals surface area contributed by atoms with Crippen LogP contribution >= 0.6 is 0 Å². The summed E-state index contributed by atoms with van der Waals surface area (Å²) in [6, 6.07) is 20.8. The van der Waals surface area contributed by atoms with Crippen molar-refractivity contribution in [2.45, 2.75) is 39.0 Å². The molecule has 0 saturated heterocycles. The van der Waals surface area contributed by atoms with Gasteiger partial charge >= 0.3 is 0 Å². The topological polar surface area (TPSA) is 17.1 Å². The van der Waals surface area contributed by atoms with Crippen LogP contribution in [0.2, 0.25) is 0 Å². The van der Waals surface area contributed by atoms with E-state index in [9.17, 15) is 4.79 Å². The summed E-state index contributed by atoms with van der Waals surface area (Å²) in [5.41, 5.74) is 3.60. The number of benzene rings is 2. The molecule has 2 aliphatic carbocycles. The average molecular weight is 342 g/mol. The van der Waals surface area contributed by atoms with Crippen LogP contribution in [0.3, 0.4) is 0 Å². The number of Topliss-reactive ketones (excluding diaryl/α,β-unsaturated/α-hetero) is 1. The first-order valence-electron chi connectivity index (χ1n) is 9.62. The van der Waals surface area contributed by atoms with E-state index in [1.165, 1.54) is 11.1 Å². The summed E-state index contributed by atoms with van der Waals surface area (Å²) >= 11 is 0. The highest BCUT2D eigenvalue weighted by Gasteiger charge is 2.59. The predicted octanol–water partition coefficient (Wildman–Crippen LogP) is 5.86. The Balaban J connectivity index is 2.13. The maximum absolute atomic E-state index is 14.1. The lowest BCUT2D eigenvalue weighted by molar-refractivity contribution is -0.127. The molecule has 1 unspecified atom stereocenters. The van der Waals surface area contributed by atoms with Gasteiger partial charge in [0.1, 0.15) is 5.41 Å². The van der Waals surface area contributed by atoms with Crippen LogP contribution in [0.15, 0.2) is 84.0 Å². The molecule has 0 fully saturated rings. The average Bonchev–Trinajstić information content (AvgIpc) is 2.88. The molecule has 0 aromatic heterocycles. The molecule has 0 amide bonds. The Labute approximate surface area is 156 Å². The monoisotopic (exact) mass is 342 g/mol. The summed E-state index contributed by atoms with van der Waals surface area (Å²) in [4.78, 5) is 14.1. The third-order valence-corrected chi connectivity index (χ3v) is 6.30. The van der Waals surface area contributed by atoms with Gasteiger partial charge in [0, 0.05) is 5.41 Å². The van der Waals surface area contributed by atoms with E-state index < -0.39 is 10.8 Å². The number of ketones is 1. The molecule has 0 radical (unpaired) electrons. The zero-order valence-electron chi connectivity index (χ0n) is 15.8. The Morgan fingerprint density at radius 3 is 1.96 bits per heavy atom. The van der Waals surface area contributed by atoms with Gasteiger partial charge in [-0.25, -0.2) is 0 Å². The van der Waals surface area contributed by atoms with Crippen molar-refractivity contribution in [1.29, 1.82) is 0 Å². The fourth-order valence-corrected chi connectivity index (χ4v) is 5.03. The molecule has 4 rings (SSSR count). The van der Waals surface area contributed by atoms with E-state index >= 15 is 0 Å². The molecule has 2 aromatic carbocycles. The molecule has 0 bridgehead atoms. The van der Waals surface area contributed by atoms with Crippen LogP contribution in [0, 0.1) is 11.3 Å². The summed E-state index contributed by atoms with van der Waals surface area (Å²) in [5.74, 6) is 0.707. The molecular formula is C25H26O. The van der Waals surface area contributed by atoms with Gasteiger partial charge in [-0.05, 0) is 54.9 Å². The van der Waals surface area contributed by atoms with Crippen molar-refractivity contribution in [2.24, 2.45) is 11.3 Å². The lowest BCUT2D eigenvalue weighted by Gasteiger charge is -2.37. The van der Waals surface area contributed by atoms with Gasteiger partial charge in [0.2, 0.25) is 0 Å². The third kappa shape index (κ3) is 2.13. The molecule has 0 saturated carbocycles. The van der Waals surface area contributed by atoms with Gasteiger partial charge in [-0.1, -0.05) is 79.7 Å². The maximum atomic E-state index is 14.1. The molecular weight excluding hydrogens is 316 g/mol. The highest BCUT2D eigenvalue weighted by Crippen LogP contribution is 2.59. The molecule has 1 atom stereocenters. The van der Waals surface area contributed by atoms with Crippen molar-refractivity contribution in [3.63, 3.8) is 0 Å². The minimum absolute atomic E-state index is 0.303. The zero-order valence-corrected chi connectivity index (χ0v) is 15.8. The van der Waals surface area contributed by atoms with E-state index in [0.29, 0.717) is 11.7 Å². The summed E-state index contributed by atoms with van der Waals surface area (Å²) in [6.07, 6.45) is 6.54. The summed E-state index contributed by atoms with van der Waals surface area (Å²) in [5, 5.41) is 0. The van der Waals surface area contributed by atoms with Crippen molar-refractivity contribution in [3.05, 3.63) is 95.1 Å². The van der Waals surface area contributed by atoms with Gasteiger partial charge in [-0.15, -0.1) is 0 Å². The van der Waals surface area contributed by atoms with Gasteiger partial charge in [0.05, 0.1) is 0 Å². The molecule has 0 N–H and O–H groups in total. The number of rotatable bonds is 3. The van der Waals surface area contributed by atoms with Crippen LogP contribution in [-0.2, 0) is 10.2 Å². The molecule has 0 spiro atoms. The maximum Gasteiger partial charge on any atom is 0.161 e. The fraction of sp³-hybridized carbons (Fsp3) is 0.320. The second-order valence-corrected chi connectivity index (χ2v) is 8.01. The minimum atomic E-state index is -0.674. The molecule has 0 heterocycles. The van der Waals surface area contributed by atoms with Gasteiger partial charge in [0.15, 0.2) is 5.78 Å². The normalized spacial score (nSPS) is 23.2. The van der Waals surface area contributed by atoms with Gasteiger partial charge in [-0.3, -0.25) is 4.79 Å². The van der Waals surface area contributed by atoms with Crippen molar-refractivity contribution < 1.29 is 4.79 Å². The summed E-state index contributed by atoms with van der Waals surface area (Å²) < 4.78 is 0. The van der Waals surface area contributed by atoms with Crippen LogP contribution in [0.25, 0.3) is 0 Å². The van der Waals surface area contributed by atoms with E-state index in [2.05, 4.69) is 81.5 Å². The summed E-state index contributed by atoms with van der Waals surface area (Å²) in [6.45, 7) is 6.44. The highest BCUT2D eigenvalue weighted by atomic mass is 16.1. The van der Waals surface area contributed by atoms with E-state index in [1.807, 2.05) is 12.1 Å². The van der Waals surface area contributed by atoms with E-state index in [-0.39, 0.29) is 0 Å². The minimum Gasteiger partial charge on any atom is -0.297 e. The second kappa shape index (κ2) is 6.09. The first-order chi connectivity index (χ1) is 12.5. The molecule has 2 aromatic rings. The quantitative estimate of drug-likeness (QED) is 0.682. The van der Waals surface area contributed by atoms with E-state index in [4.69, 9.17) is 0 Å². The first kappa shape index (κ1) is 17.0.